The molecule has 1 aromatic rings. The minimum Gasteiger partial charge on any atom is -0.392 e. The molecule has 4 nitrogen and oxygen atoms in total. The number of ether oxygens (including phenoxy) is 1. The zero-order chi connectivity index (χ0) is 11.4. The van der Waals surface area contributed by atoms with E-state index in [0.717, 1.165) is 31.8 Å². The van der Waals surface area contributed by atoms with Gasteiger partial charge in [0.15, 0.2) is 0 Å². The highest BCUT2D eigenvalue weighted by Crippen LogP contribution is 2.19. The lowest BCUT2D eigenvalue weighted by Gasteiger charge is -2.16. The molecule has 90 valence electrons. The number of imidazole rings is 1. The van der Waals surface area contributed by atoms with E-state index in [4.69, 9.17) is 4.74 Å². The molecule has 1 aliphatic heterocycles. The van der Waals surface area contributed by atoms with E-state index in [1.807, 2.05) is 12.4 Å². The van der Waals surface area contributed by atoms with Crippen molar-refractivity contribution in [2.75, 3.05) is 13.2 Å². The van der Waals surface area contributed by atoms with Crippen LogP contribution < -0.4 is 0 Å². The van der Waals surface area contributed by atoms with Crippen LogP contribution in [0.1, 0.15) is 25.6 Å². The van der Waals surface area contributed by atoms with Gasteiger partial charge in [0.25, 0.3) is 0 Å². The van der Waals surface area contributed by atoms with Gasteiger partial charge in [0.2, 0.25) is 0 Å². The van der Waals surface area contributed by atoms with Crippen LogP contribution >= 0.6 is 0 Å². The van der Waals surface area contributed by atoms with Crippen LogP contribution in [0.4, 0.5) is 0 Å². The van der Waals surface area contributed by atoms with Crippen LogP contribution in [0.3, 0.4) is 0 Å². The van der Waals surface area contributed by atoms with Crippen LogP contribution in [-0.4, -0.2) is 34.0 Å². The van der Waals surface area contributed by atoms with Gasteiger partial charge in [-0.1, -0.05) is 6.92 Å². The second kappa shape index (κ2) is 5.46. The Balaban J connectivity index is 1.94. The summed E-state index contributed by atoms with van der Waals surface area (Å²) in [5.41, 5.74) is 0. The fraction of sp³-hybridized carbons (Fsp3) is 0.750. The van der Waals surface area contributed by atoms with E-state index < -0.39 is 0 Å². The third-order valence-corrected chi connectivity index (χ3v) is 3.17. The summed E-state index contributed by atoms with van der Waals surface area (Å²) in [5.74, 6) is 1.27. The average molecular weight is 224 g/mol. The fourth-order valence-corrected chi connectivity index (χ4v) is 2.18. The van der Waals surface area contributed by atoms with Crippen LogP contribution in [0.15, 0.2) is 12.4 Å². The molecule has 1 N–H and O–H groups in total. The second-order valence-electron chi connectivity index (χ2n) is 4.43. The van der Waals surface area contributed by atoms with Crippen LogP contribution in [0.5, 0.6) is 0 Å². The first kappa shape index (κ1) is 11.6. The Morgan fingerprint density at radius 2 is 2.56 bits per heavy atom. The molecule has 0 bridgehead atoms. The van der Waals surface area contributed by atoms with E-state index in [9.17, 15) is 5.11 Å². The first-order valence-electron chi connectivity index (χ1n) is 6.07. The van der Waals surface area contributed by atoms with E-state index in [-0.39, 0.29) is 12.0 Å². The van der Waals surface area contributed by atoms with Crippen molar-refractivity contribution in [1.82, 2.24) is 9.55 Å². The van der Waals surface area contributed by atoms with Crippen molar-refractivity contribution < 1.29 is 9.84 Å². The maximum atomic E-state index is 10.1. The van der Waals surface area contributed by atoms with E-state index in [1.54, 1.807) is 0 Å². The number of rotatable bonds is 5. The number of aliphatic hydroxyl groups excluding tert-OH is 1. The number of hydrogen-bond donors (Lipinski definition) is 1. The van der Waals surface area contributed by atoms with Gasteiger partial charge in [-0.25, -0.2) is 4.98 Å². The van der Waals surface area contributed by atoms with Gasteiger partial charge < -0.3 is 14.4 Å². The van der Waals surface area contributed by atoms with E-state index in [0.29, 0.717) is 13.0 Å². The third kappa shape index (κ3) is 2.62. The van der Waals surface area contributed by atoms with Gasteiger partial charge in [0, 0.05) is 37.9 Å². The molecule has 2 atom stereocenters. The lowest BCUT2D eigenvalue weighted by Crippen LogP contribution is -2.24. The largest absolute Gasteiger partial charge is 0.392 e. The molecule has 16 heavy (non-hydrogen) atoms. The van der Waals surface area contributed by atoms with Crippen molar-refractivity contribution in [2.45, 2.75) is 38.8 Å². The lowest BCUT2D eigenvalue weighted by molar-refractivity contribution is 0.0896. The van der Waals surface area contributed by atoms with Crippen LogP contribution in [0, 0.1) is 5.92 Å². The van der Waals surface area contributed by atoms with Crippen molar-refractivity contribution >= 4 is 0 Å². The Hall–Kier alpha value is -0.870. The van der Waals surface area contributed by atoms with Crippen LogP contribution in [-0.2, 0) is 17.7 Å². The molecular formula is C12H20N2O2. The lowest BCUT2D eigenvalue weighted by atomic mass is 9.99. The molecule has 2 rings (SSSR count). The number of aliphatic hydroxyl groups is 1. The van der Waals surface area contributed by atoms with Gasteiger partial charge >= 0.3 is 0 Å². The summed E-state index contributed by atoms with van der Waals surface area (Å²) in [4.78, 5) is 4.31. The van der Waals surface area contributed by atoms with Gasteiger partial charge in [-0.2, -0.15) is 0 Å². The number of nitrogens with zero attached hydrogens (tertiary/aromatic N) is 2. The van der Waals surface area contributed by atoms with Crippen molar-refractivity contribution in [2.24, 2.45) is 5.92 Å². The number of aryl methyl sites for hydroxylation is 1. The van der Waals surface area contributed by atoms with Gasteiger partial charge in [0.1, 0.15) is 5.82 Å². The Kier molecular flexibility index (Phi) is 3.96. The molecular weight excluding hydrogens is 204 g/mol. The Morgan fingerprint density at radius 3 is 3.25 bits per heavy atom. The summed E-state index contributed by atoms with van der Waals surface area (Å²) >= 11 is 0. The topological polar surface area (TPSA) is 47.3 Å². The summed E-state index contributed by atoms with van der Waals surface area (Å²) in [6.45, 7) is 4.59. The average Bonchev–Trinajstić information content (AvgIpc) is 2.90. The number of aromatic nitrogens is 2. The molecule has 4 heteroatoms. The summed E-state index contributed by atoms with van der Waals surface area (Å²) in [6.07, 6.45) is 6.17. The molecule has 2 heterocycles. The molecule has 1 saturated heterocycles. The minimum absolute atomic E-state index is 0.284. The zero-order valence-corrected chi connectivity index (χ0v) is 9.80. The molecule has 1 fully saturated rings. The maximum absolute atomic E-state index is 10.1. The first-order valence-corrected chi connectivity index (χ1v) is 6.07. The molecule has 0 spiro atoms. The van der Waals surface area contributed by atoms with Gasteiger partial charge in [-0.3, -0.25) is 0 Å². The van der Waals surface area contributed by atoms with E-state index in [1.165, 1.54) is 0 Å². The maximum Gasteiger partial charge on any atom is 0.111 e. The standard InChI is InChI=1S/C12H20N2O2/c1-2-5-14-6-4-13-12(14)8-11(15)10-3-7-16-9-10/h4,6,10-11,15H,2-3,5,7-9H2,1H3. The predicted octanol–water partition coefficient (Wildman–Crippen LogP) is 1.23. The second-order valence-corrected chi connectivity index (χ2v) is 4.43. The molecule has 0 amide bonds. The number of hydrogen-bond acceptors (Lipinski definition) is 3. The predicted molar refractivity (Wildman–Crippen MR) is 61.2 cm³/mol. The molecule has 0 saturated carbocycles. The first-order chi connectivity index (χ1) is 7.81. The minimum atomic E-state index is -0.319. The molecule has 0 aromatic carbocycles. The highest BCUT2D eigenvalue weighted by atomic mass is 16.5. The van der Waals surface area contributed by atoms with Crippen LogP contribution in [0.25, 0.3) is 0 Å². The summed E-state index contributed by atoms with van der Waals surface area (Å²) in [5, 5.41) is 10.1. The fourth-order valence-electron chi connectivity index (χ4n) is 2.18. The SMILES string of the molecule is CCCn1ccnc1CC(O)C1CCOC1. The zero-order valence-electron chi connectivity index (χ0n) is 9.80. The van der Waals surface area contributed by atoms with Crippen molar-refractivity contribution in [3.8, 4) is 0 Å². The molecule has 1 aliphatic rings. The van der Waals surface area contributed by atoms with E-state index in [2.05, 4.69) is 16.5 Å². The summed E-state index contributed by atoms with van der Waals surface area (Å²) in [6, 6.07) is 0. The highest BCUT2D eigenvalue weighted by Gasteiger charge is 2.25. The van der Waals surface area contributed by atoms with Crippen LogP contribution in [0.2, 0.25) is 0 Å². The smallest absolute Gasteiger partial charge is 0.111 e. The van der Waals surface area contributed by atoms with Crippen molar-refractivity contribution in [3.05, 3.63) is 18.2 Å². The summed E-state index contributed by atoms with van der Waals surface area (Å²) in [7, 11) is 0. The van der Waals surface area contributed by atoms with Gasteiger partial charge in [-0.15, -0.1) is 0 Å². The molecule has 1 aromatic heterocycles. The third-order valence-electron chi connectivity index (χ3n) is 3.17. The van der Waals surface area contributed by atoms with Gasteiger partial charge in [0.05, 0.1) is 12.7 Å². The Bertz CT molecular complexity index is 319. The van der Waals surface area contributed by atoms with Gasteiger partial charge in [-0.05, 0) is 12.8 Å². The van der Waals surface area contributed by atoms with Crippen molar-refractivity contribution in [1.29, 1.82) is 0 Å². The summed E-state index contributed by atoms with van der Waals surface area (Å²) < 4.78 is 7.41. The van der Waals surface area contributed by atoms with E-state index >= 15 is 0 Å². The Morgan fingerprint density at radius 1 is 1.69 bits per heavy atom. The highest BCUT2D eigenvalue weighted by molar-refractivity contribution is 4.95. The molecule has 0 aliphatic carbocycles. The Labute approximate surface area is 96.3 Å². The monoisotopic (exact) mass is 224 g/mol. The molecule has 2 unspecified atom stereocenters. The normalized spacial score (nSPS) is 22.5. The molecule has 0 radical (unpaired) electrons. The quantitative estimate of drug-likeness (QED) is 0.818. The van der Waals surface area contributed by atoms with Crippen molar-refractivity contribution in [3.63, 3.8) is 0 Å².